The maximum absolute atomic E-state index is 12.3. The molecule has 0 bridgehead atoms. The van der Waals surface area contributed by atoms with E-state index in [4.69, 9.17) is 5.26 Å². The van der Waals surface area contributed by atoms with Gasteiger partial charge in [-0.05, 0) is 12.0 Å². The summed E-state index contributed by atoms with van der Waals surface area (Å²) in [6.45, 7) is 2.55. The second-order valence-corrected chi connectivity index (χ2v) is 5.94. The van der Waals surface area contributed by atoms with Gasteiger partial charge < -0.3 is 0 Å². The largest absolute Gasteiger partial charge is 0.248 e. The quantitative estimate of drug-likeness (QED) is 0.789. The van der Waals surface area contributed by atoms with Gasteiger partial charge in [0, 0.05) is 6.54 Å². The van der Waals surface area contributed by atoms with Gasteiger partial charge in [0.2, 0.25) is 0 Å². The lowest BCUT2D eigenvalue weighted by Crippen LogP contribution is -2.08. The molecule has 86 valence electrons. The molecule has 4 heteroatoms. The number of nitriles is 1. The number of benzene rings is 1. The molecule has 0 aliphatic rings. The molecule has 0 fully saturated rings. The van der Waals surface area contributed by atoms with E-state index < -0.39 is 9.73 Å². The van der Waals surface area contributed by atoms with Crippen LogP contribution in [0.3, 0.4) is 0 Å². The van der Waals surface area contributed by atoms with Crippen LogP contribution in [0.2, 0.25) is 0 Å². The van der Waals surface area contributed by atoms with E-state index in [2.05, 4.69) is 4.36 Å². The SMILES string of the molecule is CCCN=S(=O)(CC#N)Cc1ccccc1. The molecule has 3 nitrogen and oxygen atoms in total. The van der Waals surface area contributed by atoms with Gasteiger partial charge in [0.15, 0.2) is 0 Å². The van der Waals surface area contributed by atoms with Crippen LogP contribution in [-0.4, -0.2) is 16.5 Å². The number of hydrogen-bond acceptors (Lipinski definition) is 3. The van der Waals surface area contributed by atoms with Crippen molar-refractivity contribution < 1.29 is 4.21 Å². The van der Waals surface area contributed by atoms with Gasteiger partial charge in [-0.2, -0.15) is 5.26 Å². The zero-order chi connectivity index (χ0) is 11.9. The van der Waals surface area contributed by atoms with Gasteiger partial charge in [0.25, 0.3) is 0 Å². The first kappa shape index (κ1) is 12.7. The van der Waals surface area contributed by atoms with Crippen LogP contribution in [0.5, 0.6) is 0 Å². The van der Waals surface area contributed by atoms with E-state index in [0.717, 1.165) is 12.0 Å². The van der Waals surface area contributed by atoms with Crippen LogP contribution in [-0.2, 0) is 15.5 Å². The molecule has 0 heterocycles. The fraction of sp³-hybridized carbons (Fsp3) is 0.417. The smallest absolute Gasteiger partial charge is 0.119 e. The van der Waals surface area contributed by atoms with Crippen LogP contribution in [0.15, 0.2) is 34.7 Å². The summed E-state index contributed by atoms with van der Waals surface area (Å²) in [5.41, 5.74) is 0.975. The standard InChI is InChI=1S/C12H16N2OS/c1-2-9-14-16(15,10-8-13)11-12-6-4-3-5-7-12/h3-7H,2,9-11H2,1H3. The van der Waals surface area contributed by atoms with Crippen LogP contribution in [0.25, 0.3) is 0 Å². The van der Waals surface area contributed by atoms with Crippen molar-refractivity contribution in [3.8, 4) is 6.07 Å². The van der Waals surface area contributed by atoms with Crippen LogP contribution in [0.4, 0.5) is 0 Å². The van der Waals surface area contributed by atoms with Crippen molar-refractivity contribution in [2.75, 3.05) is 12.3 Å². The van der Waals surface area contributed by atoms with Gasteiger partial charge >= 0.3 is 0 Å². The highest BCUT2D eigenvalue weighted by molar-refractivity contribution is 7.93. The summed E-state index contributed by atoms with van der Waals surface area (Å²) in [5, 5.41) is 8.69. The average Bonchev–Trinajstić information content (AvgIpc) is 2.28. The molecule has 1 rings (SSSR count). The van der Waals surface area contributed by atoms with Gasteiger partial charge in [-0.3, -0.25) is 0 Å². The Balaban J connectivity index is 2.89. The van der Waals surface area contributed by atoms with E-state index in [-0.39, 0.29) is 5.75 Å². The van der Waals surface area contributed by atoms with E-state index in [1.165, 1.54) is 0 Å². The van der Waals surface area contributed by atoms with Crippen molar-refractivity contribution in [3.05, 3.63) is 35.9 Å². The maximum Gasteiger partial charge on any atom is 0.119 e. The monoisotopic (exact) mass is 236 g/mol. The zero-order valence-corrected chi connectivity index (χ0v) is 10.2. The minimum absolute atomic E-state index is 0.0158. The molecule has 0 aliphatic carbocycles. The molecular formula is C12H16N2OS. The van der Waals surface area contributed by atoms with Crippen LogP contribution in [0.1, 0.15) is 18.9 Å². The second-order valence-electron chi connectivity index (χ2n) is 3.56. The van der Waals surface area contributed by atoms with Gasteiger partial charge in [0.05, 0.1) is 21.6 Å². The van der Waals surface area contributed by atoms with Crippen molar-refractivity contribution in [1.29, 1.82) is 5.26 Å². The Kier molecular flexibility index (Phi) is 5.00. The maximum atomic E-state index is 12.3. The first-order valence-corrected chi connectivity index (χ1v) is 7.14. The van der Waals surface area contributed by atoms with E-state index >= 15 is 0 Å². The van der Waals surface area contributed by atoms with Crippen molar-refractivity contribution in [2.24, 2.45) is 4.36 Å². The molecule has 1 aromatic rings. The minimum Gasteiger partial charge on any atom is -0.248 e. The average molecular weight is 236 g/mol. The molecular weight excluding hydrogens is 220 g/mol. The Morgan fingerprint density at radius 2 is 2.06 bits per heavy atom. The summed E-state index contributed by atoms with van der Waals surface area (Å²) in [4.78, 5) is 0. The van der Waals surface area contributed by atoms with E-state index in [0.29, 0.717) is 12.3 Å². The predicted molar refractivity (Wildman–Crippen MR) is 66.4 cm³/mol. The number of hydrogen-bond donors (Lipinski definition) is 0. The fourth-order valence-electron chi connectivity index (χ4n) is 1.34. The van der Waals surface area contributed by atoms with Gasteiger partial charge in [-0.1, -0.05) is 37.3 Å². The molecule has 1 unspecified atom stereocenters. The summed E-state index contributed by atoms with van der Waals surface area (Å²) in [5.74, 6) is 0.392. The Morgan fingerprint density at radius 3 is 2.62 bits per heavy atom. The van der Waals surface area contributed by atoms with Crippen LogP contribution >= 0.6 is 0 Å². The summed E-state index contributed by atoms with van der Waals surface area (Å²) < 4.78 is 16.5. The third-order valence-corrected chi connectivity index (χ3v) is 4.09. The topological polar surface area (TPSA) is 53.2 Å². The number of rotatable bonds is 5. The van der Waals surface area contributed by atoms with E-state index in [1.54, 1.807) is 0 Å². The van der Waals surface area contributed by atoms with Crippen LogP contribution < -0.4 is 0 Å². The zero-order valence-electron chi connectivity index (χ0n) is 9.43. The first-order chi connectivity index (χ1) is 7.70. The summed E-state index contributed by atoms with van der Waals surface area (Å²) in [6.07, 6.45) is 0.858. The fourth-order valence-corrected chi connectivity index (χ4v) is 3.05. The number of nitrogens with zero attached hydrogens (tertiary/aromatic N) is 2. The lowest BCUT2D eigenvalue weighted by Gasteiger charge is -2.06. The second kappa shape index (κ2) is 6.29. The van der Waals surface area contributed by atoms with Crippen LogP contribution in [0, 0.1) is 11.3 Å². The lowest BCUT2D eigenvalue weighted by atomic mass is 10.2. The lowest BCUT2D eigenvalue weighted by molar-refractivity contribution is 0.675. The third kappa shape index (κ3) is 4.03. The van der Waals surface area contributed by atoms with Crippen molar-refractivity contribution in [3.63, 3.8) is 0 Å². The van der Waals surface area contributed by atoms with Crippen molar-refractivity contribution in [2.45, 2.75) is 19.1 Å². The third-order valence-electron chi connectivity index (χ3n) is 2.08. The molecule has 1 atom stereocenters. The van der Waals surface area contributed by atoms with Gasteiger partial charge in [0.1, 0.15) is 5.75 Å². The molecule has 0 amide bonds. The molecule has 1 aromatic carbocycles. The Bertz CT molecular complexity index is 468. The summed E-state index contributed by atoms with van der Waals surface area (Å²) in [7, 11) is -2.39. The van der Waals surface area contributed by atoms with E-state index in [1.807, 2.05) is 43.3 Å². The Labute approximate surface area is 97.3 Å². The van der Waals surface area contributed by atoms with Gasteiger partial charge in [-0.25, -0.2) is 8.57 Å². The molecule has 0 spiro atoms. The normalized spacial score (nSPS) is 13.8. The minimum atomic E-state index is -2.39. The molecule has 16 heavy (non-hydrogen) atoms. The molecule has 0 saturated carbocycles. The van der Waals surface area contributed by atoms with Crippen molar-refractivity contribution >= 4 is 9.73 Å². The van der Waals surface area contributed by atoms with Crippen molar-refractivity contribution in [1.82, 2.24) is 0 Å². The summed E-state index contributed by atoms with van der Waals surface area (Å²) in [6, 6.07) is 11.5. The molecule has 0 saturated heterocycles. The summed E-state index contributed by atoms with van der Waals surface area (Å²) >= 11 is 0. The molecule has 0 aromatic heterocycles. The Morgan fingerprint density at radius 1 is 1.38 bits per heavy atom. The van der Waals surface area contributed by atoms with E-state index in [9.17, 15) is 4.21 Å². The highest BCUT2D eigenvalue weighted by Crippen LogP contribution is 2.09. The van der Waals surface area contributed by atoms with Gasteiger partial charge in [-0.15, -0.1) is 0 Å². The first-order valence-electron chi connectivity index (χ1n) is 5.29. The molecule has 0 aliphatic heterocycles. The molecule has 0 radical (unpaired) electrons. The highest BCUT2D eigenvalue weighted by Gasteiger charge is 2.09. The Hall–Kier alpha value is -1.34. The highest BCUT2D eigenvalue weighted by atomic mass is 32.2. The molecule has 0 N–H and O–H groups in total. The predicted octanol–water partition coefficient (Wildman–Crippen LogP) is 2.59.